The highest BCUT2D eigenvalue weighted by atomic mass is 32.2. The molecule has 2 aromatic heterocycles. The standard InChI is InChI=1S/C10H13N5O3S/c1-18-6(17)4-19-9-7-8(13-10(11)14-9)15(2-3-16)5-12-7/h5,16H,2-4H2,1H3,(H2,11,13,14). The number of hydrogen-bond acceptors (Lipinski definition) is 8. The number of esters is 1. The summed E-state index contributed by atoms with van der Waals surface area (Å²) in [5.41, 5.74) is 6.72. The number of methoxy groups -OCH3 is 1. The van der Waals surface area contributed by atoms with Crippen molar-refractivity contribution >= 4 is 34.8 Å². The SMILES string of the molecule is COC(=O)CSc1nc(N)nc2c1ncn2CCO. The van der Waals surface area contributed by atoms with Crippen LogP contribution in [0.4, 0.5) is 5.95 Å². The highest BCUT2D eigenvalue weighted by Crippen LogP contribution is 2.24. The molecule has 19 heavy (non-hydrogen) atoms. The smallest absolute Gasteiger partial charge is 0.316 e. The van der Waals surface area contributed by atoms with E-state index in [0.717, 1.165) is 0 Å². The molecule has 2 rings (SSSR count). The molecule has 0 radical (unpaired) electrons. The fourth-order valence-corrected chi connectivity index (χ4v) is 2.30. The number of aliphatic hydroxyl groups excluding tert-OH is 1. The van der Waals surface area contributed by atoms with Crippen LogP contribution in [0.25, 0.3) is 11.2 Å². The van der Waals surface area contributed by atoms with Crippen molar-refractivity contribution in [2.45, 2.75) is 11.6 Å². The Hall–Kier alpha value is -1.87. The van der Waals surface area contributed by atoms with Gasteiger partial charge in [-0.1, -0.05) is 11.8 Å². The van der Waals surface area contributed by atoms with Gasteiger partial charge in [-0.2, -0.15) is 4.98 Å². The van der Waals surface area contributed by atoms with Crippen molar-refractivity contribution < 1.29 is 14.6 Å². The van der Waals surface area contributed by atoms with E-state index in [0.29, 0.717) is 22.7 Å². The Labute approximate surface area is 113 Å². The number of aliphatic hydroxyl groups is 1. The molecule has 8 nitrogen and oxygen atoms in total. The van der Waals surface area contributed by atoms with Crippen LogP contribution in [0.3, 0.4) is 0 Å². The third kappa shape index (κ3) is 2.93. The number of carbonyl (C=O) groups is 1. The molecule has 0 bridgehead atoms. The second-order valence-electron chi connectivity index (χ2n) is 3.59. The molecule has 0 aliphatic carbocycles. The van der Waals surface area contributed by atoms with Crippen molar-refractivity contribution in [1.82, 2.24) is 19.5 Å². The average molecular weight is 283 g/mol. The van der Waals surface area contributed by atoms with Gasteiger partial charge in [-0.3, -0.25) is 4.79 Å². The molecular formula is C10H13N5O3S. The maximum Gasteiger partial charge on any atom is 0.316 e. The van der Waals surface area contributed by atoms with Crippen molar-refractivity contribution in [3.63, 3.8) is 0 Å². The molecule has 2 aromatic rings. The zero-order valence-electron chi connectivity index (χ0n) is 10.2. The summed E-state index contributed by atoms with van der Waals surface area (Å²) < 4.78 is 6.24. The molecule has 3 N–H and O–H groups in total. The molecule has 0 aliphatic rings. The quantitative estimate of drug-likeness (QED) is 0.435. The van der Waals surface area contributed by atoms with Crippen LogP contribution in [-0.2, 0) is 16.1 Å². The van der Waals surface area contributed by atoms with E-state index < -0.39 is 0 Å². The lowest BCUT2D eigenvalue weighted by Crippen LogP contribution is -2.06. The summed E-state index contributed by atoms with van der Waals surface area (Å²) >= 11 is 1.18. The zero-order valence-corrected chi connectivity index (χ0v) is 11.1. The highest BCUT2D eigenvalue weighted by Gasteiger charge is 2.14. The molecule has 102 valence electrons. The first kappa shape index (κ1) is 13.6. The second-order valence-corrected chi connectivity index (χ2v) is 4.55. The van der Waals surface area contributed by atoms with Gasteiger partial charge in [0.2, 0.25) is 5.95 Å². The van der Waals surface area contributed by atoms with Crippen LogP contribution in [0.5, 0.6) is 0 Å². The minimum atomic E-state index is -0.356. The topological polar surface area (TPSA) is 116 Å². The van der Waals surface area contributed by atoms with Gasteiger partial charge in [0.1, 0.15) is 10.5 Å². The Bertz CT molecular complexity index is 600. The maximum atomic E-state index is 11.1. The summed E-state index contributed by atoms with van der Waals surface area (Å²) in [4.78, 5) is 23.5. The normalized spacial score (nSPS) is 10.8. The zero-order chi connectivity index (χ0) is 13.8. The maximum absolute atomic E-state index is 11.1. The number of anilines is 1. The fraction of sp³-hybridized carbons (Fsp3) is 0.400. The Balaban J connectivity index is 2.35. The Morgan fingerprint density at radius 1 is 1.58 bits per heavy atom. The Morgan fingerprint density at radius 3 is 3.05 bits per heavy atom. The number of ether oxygens (including phenoxy) is 1. The molecule has 0 saturated carbocycles. The molecule has 2 heterocycles. The molecule has 0 atom stereocenters. The minimum absolute atomic E-state index is 0.0278. The van der Waals surface area contributed by atoms with Crippen molar-refractivity contribution in [3.8, 4) is 0 Å². The minimum Gasteiger partial charge on any atom is -0.468 e. The number of carbonyl (C=O) groups excluding carboxylic acids is 1. The van der Waals surface area contributed by atoms with E-state index >= 15 is 0 Å². The van der Waals surface area contributed by atoms with Crippen LogP contribution in [0.2, 0.25) is 0 Å². The van der Waals surface area contributed by atoms with Gasteiger partial charge in [0.15, 0.2) is 5.65 Å². The molecule has 0 spiro atoms. The molecule has 9 heteroatoms. The summed E-state index contributed by atoms with van der Waals surface area (Å²) in [6.07, 6.45) is 1.55. The number of thioether (sulfide) groups is 1. The number of nitrogens with two attached hydrogens (primary N) is 1. The van der Waals surface area contributed by atoms with Crippen molar-refractivity contribution in [2.24, 2.45) is 0 Å². The van der Waals surface area contributed by atoms with Gasteiger partial charge in [0, 0.05) is 6.54 Å². The van der Waals surface area contributed by atoms with E-state index in [-0.39, 0.29) is 24.3 Å². The van der Waals surface area contributed by atoms with E-state index in [2.05, 4.69) is 19.7 Å². The van der Waals surface area contributed by atoms with Crippen LogP contribution in [0.15, 0.2) is 11.4 Å². The Kier molecular flexibility index (Phi) is 4.17. The van der Waals surface area contributed by atoms with Gasteiger partial charge in [-0.05, 0) is 0 Å². The lowest BCUT2D eigenvalue weighted by Gasteiger charge is -2.04. The molecule has 0 aromatic carbocycles. The third-order valence-corrected chi connectivity index (χ3v) is 3.28. The second kappa shape index (κ2) is 5.85. The molecule has 0 fully saturated rings. The van der Waals surface area contributed by atoms with Gasteiger partial charge < -0.3 is 20.1 Å². The van der Waals surface area contributed by atoms with Crippen molar-refractivity contribution in [3.05, 3.63) is 6.33 Å². The number of aromatic nitrogens is 4. The van der Waals surface area contributed by atoms with Gasteiger partial charge >= 0.3 is 5.97 Å². The fourth-order valence-electron chi connectivity index (χ4n) is 1.49. The number of imidazole rings is 1. The van der Waals surface area contributed by atoms with Gasteiger partial charge in [0.25, 0.3) is 0 Å². The first-order chi connectivity index (χ1) is 9.15. The Morgan fingerprint density at radius 2 is 2.37 bits per heavy atom. The predicted molar refractivity (Wildman–Crippen MR) is 69.6 cm³/mol. The molecule has 0 unspecified atom stereocenters. The first-order valence-electron chi connectivity index (χ1n) is 5.44. The van der Waals surface area contributed by atoms with Crippen LogP contribution in [-0.4, -0.2) is 50.1 Å². The van der Waals surface area contributed by atoms with Gasteiger partial charge in [-0.25, -0.2) is 9.97 Å². The number of rotatable bonds is 5. The largest absolute Gasteiger partial charge is 0.468 e. The van der Waals surface area contributed by atoms with E-state index in [1.165, 1.54) is 18.9 Å². The molecular weight excluding hydrogens is 270 g/mol. The third-order valence-electron chi connectivity index (χ3n) is 2.34. The van der Waals surface area contributed by atoms with E-state index in [9.17, 15) is 4.79 Å². The van der Waals surface area contributed by atoms with E-state index in [4.69, 9.17) is 10.8 Å². The average Bonchev–Trinajstić information content (AvgIpc) is 2.79. The highest BCUT2D eigenvalue weighted by molar-refractivity contribution is 8.00. The van der Waals surface area contributed by atoms with Gasteiger partial charge in [-0.15, -0.1) is 0 Å². The molecule has 0 amide bonds. The number of nitrogens with zero attached hydrogens (tertiary/aromatic N) is 4. The summed E-state index contributed by atoms with van der Waals surface area (Å²) in [6, 6.07) is 0. The van der Waals surface area contributed by atoms with Crippen LogP contribution in [0, 0.1) is 0 Å². The van der Waals surface area contributed by atoms with Crippen LogP contribution in [0.1, 0.15) is 0 Å². The molecule has 0 aliphatic heterocycles. The summed E-state index contributed by atoms with van der Waals surface area (Å²) in [7, 11) is 1.32. The monoisotopic (exact) mass is 283 g/mol. The van der Waals surface area contributed by atoms with Gasteiger partial charge in [0.05, 0.1) is 25.8 Å². The first-order valence-corrected chi connectivity index (χ1v) is 6.43. The van der Waals surface area contributed by atoms with Crippen molar-refractivity contribution in [1.29, 1.82) is 0 Å². The van der Waals surface area contributed by atoms with E-state index in [1.54, 1.807) is 10.9 Å². The predicted octanol–water partition coefficient (Wildman–Crippen LogP) is -0.334. The lowest BCUT2D eigenvalue weighted by molar-refractivity contribution is -0.137. The number of fused-ring (bicyclic) bond motifs is 1. The summed E-state index contributed by atoms with van der Waals surface area (Å²) in [6.45, 7) is 0.341. The van der Waals surface area contributed by atoms with Crippen LogP contribution < -0.4 is 5.73 Å². The van der Waals surface area contributed by atoms with E-state index in [1.807, 2.05) is 0 Å². The number of nitrogen functional groups attached to an aromatic ring is 1. The summed E-state index contributed by atoms with van der Waals surface area (Å²) in [5.74, 6) is -0.140. The van der Waals surface area contributed by atoms with Crippen molar-refractivity contribution in [2.75, 3.05) is 25.2 Å². The molecule has 0 saturated heterocycles. The van der Waals surface area contributed by atoms with Crippen LogP contribution >= 0.6 is 11.8 Å². The number of hydrogen-bond donors (Lipinski definition) is 2. The lowest BCUT2D eigenvalue weighted by atomic mass is 10.5. The summed E-state index contributed by atoms with van der Waals surface area (Å²) in [5, 5.41) is 9.47.